The zero-order valence-electron chi connectivity index (χ0n) is 13.3. The molecule has 0 aliphatic carbocycles. The number of benzene rings is 2. The van der Waals surface area contributed by atoms with E-state index < -0.39 is 4.92 Å². The van der Waals surface area contributed by atoms with Crippen molar-refractivity contribution in [3.63, 3.8) is 0 Å². The largest absolute Gasteiger partial charge is 0.493 e. The van der Waals surface area contributed by atoms with Gasteiger partial charge in [-0.15, -0.1) is 0 Å². The van der Waals surface area contributed by atoms with Crippen LogP contribution in [0.15, 0.2) is 35.3 Å². The highest BCUT2D eigenvalue weighted by molar-refractivity contribution is 6.70. The monoisotopic (exact) mass is 364 g/mol. The molecule has 1 aliphatic heterocycles. The normalized spacial score (nSPS) is 12.8. The second-order valence-electron chi connectivity index (χ2n) is 4.92. The lowest BCUT2D eigenvalue weighted by molar-refractivity contribution is -0.385. The van der Waals surface area contributed by atoms with Gasteiger partial charge in [0.1, 0.15) is 5.17 Å². The summed E-state index contributed by atoms with van der Waals surface area (Å²) in [5.41, 5.74) is 0.360. The summed E-state index contributed by atoms with van der Waals surface area (Å²) in [6.45, 7) is 0.000379. The van der Waals surface area contributed by atoms with Crippen LogP contribution in [0.1, 0.15) is 5.56 Å². The number of rotatable bonds is 5. The highest BCUT2D eigenvalue weighted by Gasteiger charge is 2.25. The molecule has 3 rings (SSSR count). The van der Waals surface area contributed by atoms with E-state index in [4.69, 9.17) is 30.5 Å². The number of methoxy groups -OCH3 is 2. The van der Waals surface area contributed by atoms with Crippen LogP contribution in [0.5, 0.6) is 23.0 Å². The van der Waals surface area contributed by atoms with Crippen LogP contribution in [0, 0.1) is 10.1 Å². The molecule has 0 atom stereocenters. The highest BCUT2D eigenvalue weighted by Crippen LogP contribution is 2.39. The van der Waals surface area contributed by atoms with Gasteiger partial charge in [-0.1, -0.05) is 11.6 Å². The fourth-order valence-corrected chi connectivity index (χ4v) is 2.56. The van der Waals surface area contributed by atoms with Crippen molar-refractivity contribution >= 4 is 28.1 Å². The number of aliphatic imine (C=N–C) groups is 1. The lowest BCUT2D eigenvalue weighted by Gasteiger charge is -2.08. The molecule has 0 spiro atoms. The van der Waals surface area contributed by atoms with Crippen molar-refractivity contribution in [3.05, 3.63) is 46.0 Å². The third-order valence-electron chi connectivity index (χ3n) is 3.50. The Kier molecular flexibility index (Phi) is 4.62. The summed E-state index contributed by atoms with van der Waals surface area (Å²) in [5, 5.41) is 11.3. The first-order chi connectivity index (χ1) is 12.0. The second kappa shape index (κ2) is 6.86. The summed E-state index contributed by atoms with van der Waals surface area (Å²) in [7, 11) is 3.01. The molecule has 1 aliphatic rings. The van der Waals surface area contributed by atoms with Gasteiger partial charge < -0.3 is 18.9 Å². The average molecular weight is 365 g/mol. The van der Waals surface area contributed by atoms with Crippen LogP contribution in [0.2, 0.25) is 0 Å². The average Bonchev–Trinajstić information content (AvgIpc) is 3.07. The van der Waals surface area contributed by atoms with Crippen molar-refractivity contribution in [1.29, 1.82) is 0 Å². The summed E-state index contributed by atoms with van der Waals surface area (Å²) in [4.78, 5) is 15.0. The first-order valence-electron chi connectivity index (χ1n) is 7.08. The van der Waals surface area contributed by atoms with Gasteiger partial charge in [0, 0.05) is 12.1 Å². The minimum atomic E-state index is -0.552. The molecule has 0 N–H and O–H groups in total. The third kappa shape index (κ3) is 3.29. The molecule has 0 unspecified atom stereocenters. The number of halogens is 1. The van der Waals surface area contributed by atoms with E-state index in [1.54, 1.807) is 18.2 Å². The lowest BCUT2D eigenvalue weighted by Crippen LogP contribution is -1.99. The Balaban J connectivity index is 2.04. The van der Waals surface area contributed by atoms with Crippen LogP contribution in [0.25, 0.3) is 0 Å². The number of hydrogen-bond donors (Lipinski definition) is 0. The van der Waals surface area contributed by atoms with Crippen LogP contribution in [-0.4, -0.2) is 31.1 Å². The Labute approximate surface area is 147 Å². The SMILES string of the molecule is COc1ccc(N=C(Cl)c2cc3c(cc2[N+](=O)[O-])OCO3)cc1OC. The highest BCUT2D eigenvalue weighted by atomic mass is 35.5. The van der Waals surface area contributed by atoms with Gasteiger partial charge in [0.15, 0.2) is 23.0 Å². The van der Waals surface area contributed by atoms with Gasteiger partial charge in [-0.05, 0) is 12.1 Å². The molecular weight excluding hydrogens is 352 g/mol. The number of fused-ring (bicyclic) bond motifs is 1. The molecule has 0 amide bonds. The van der Waals surface area contributed by atoms with Gasteiger partial charge in [-0.25, -0.2) is 4.99 Å². The van der Waals surface area contributed by atoms with E-state index >= 15 is 0 Å². The maximum absolute atomic E-state index is 11.3. The van der Waals surface area contributed by atoms with Crippen LogP contribution >= 0.6 is 11.6 Å². The Bertz CT molecular complexity index is 868. The maximum atomic E-state index is 11.3. The van der Waals surface area contributed by atoms with Crippen LogP contribution in [0.4, 0.5) is 11.4 Å². The maximum Gasteiger partial charge on any atom is 0.283 e. The zero-order chi connectivity index (χ0) is 18.0. The lowest BCUT2D eigenvalue weighted by atomic mass is 10.1. The standard InChI is InChI=1S/C16H13ClN2O6/c1-22-12-4-3-9(5-13(12)23-2)18-16(17)10-6-14-15(25-8-24-14)7-11(10)19(20)21/h3-7H,8H2,1-2H3. The Hall–Kier alpha value is -3.00. The second-order valence-corrected chi connectivity index (χ2v) is 5.28. The Morgan fingerprint density at radius 2 is 1.84 bits per heavy atom. The predicted octanol–water partition coefficient (Wildman–Crippen LogP) is 3.66. The molecule has 0 bridgehead atoms. The molecule has 0 saturated heterocycles. The van der Waals surface area contributed by atoms with Crippen LogP contribution in [-0.2, 0) is 0 Å². The van der Waals surface area contributed by atoms with E-state index in [2.05, 4.69) is 4.99 Å². The van der Waals surface area contributed by atoms with Gasteiger partial charge in [0.2, 0.25) is 6.79 Å². The van der Waals surface area contributed by atoms with Crippen molar-refractivity contribution in [2.24, 2.45) is 4.99 Å². The van der Waals surface area contributed by atoms with E-state index in [1.165, 1.54) is 26.4 Å². The van der Waals surface area contributed by atoms with Gasteiger partial charge in [0.25, 0.3) is 5.69 Å². The molecule has 0 saturated carbocycles. The molecule has 8 nitrogen and oxygen atoms in total. The minimum Gasteiger partial charge on any atom is -0.493 e. The number of nitrogens with zero attached hydrogens (tertiary/aromatic N) is 2. The summed E-state index contributed by atoms with van der Waals surface area (Å²) >= 11 is 6.24. The smallest absolute Gasteiger partial charge is 0.283 e. The first kappa shape index (κ1) is 16.8. The molecule has 2 aromatic rings. The molecule has 130 valence electrons. The van der Waals surface area contributed by atoms with Gasteiger partial charge in [-0.2, -0.15) is 0 Å². The topological polar surface area (TPSA) is 92.4 Å². The molecule has 9 heteroatoms. The van der Waals surface area contributed by atoms with E-state index in [1.807, 2.05) is 0 Å². The summed E-state index contributed by atoms with van der Waals surface area (Å²) in [6.07, 6.45) is 0. The molecule has 0 fully saturated rings. The fourth-order valence-electron chi connectivity index (χ4n) is 2.32. The fraction of sp³-hybridized carbons (Fsp3) is 0.188. The number of nitro benzene ring substituents is 1. The Morgan fingerprint density at radius 1 is 1.16 bits per heavy atom. The zero-order valence-corrected chi connectivity index (χ0v) is 14.1. The number of hydrogen-bond acceptors (Lipinski definition) is 7. The molecule has 0 radical (unpaired) electrons. The molecule has 2 aromatic carbocycles. The van der Waals surface area contributed by atoms with Crippen molar-refractivity contribution in [2.75, 3.05) is 21.0 Å². The first-order valence-corrected chi connectivity index (χ1v) is 7.46. The minimum absolute atomic E-state index is 0.000379. The van der Waals surface area contributed by atoms with E-state index in [9.17, 15) is 10.1 Å². The molecule has 1 heterocycles. The summed E-state index contributed by atoms with van der Waals surface area (Å²) < 4.78 is 20.8. The van der Waals surface area contributed by atoms with Gasteiger partial charge >= 0.3 is 0 Å². The van der Waals surface area contributed by atoms with Crippen molar-refractivity contribution in [1.82, 2.24) is 0 Å². The Morgan fingerprint density at radius 3 is 2.48 bits per heavy atom. The van der Waals surface area contributed by atoms with Gasteiger partial charge in [0.05, 0.1) is 36.5 Å². The molecule has 0 aromatic heterocycles. The van der Waals surface area contributed by atoms with Crippen molar-refractivity contribution < 1.29 is 23.9 Å². The van der Waals surface area contributed by atoms with Crippen molar-refractivity contribution in [2.45, 2.75) is 0 Å². The predicted molar refractivity (Wildman–Crippen MR) is 90.8 cm³/mol. The molecule has 25 heavy (non-hydrogen) atoms. The quantitative estimate of drug-likeness (QED) is 0.456. The number of ether oxygens (including phenoxy) is 4. The third-order valence-corrected chi connectivity index (χ3v) is 3.79. The van der Waals surface area contributed by atoms with E-state index in [0.717, 1.165) is 0 Å². The van der Waals surface area contributed by atoms with Gasteiger partial charge in [-0.3, -0.25) is 10.1 Å². The van der Waals surface area contributed by atoms with E-state index in [-0.39, 0.29) is 23.2 Å². The van der Waals surface area contributed by atoms with E-state index in [0.29, 0.717) is 28.7 Å². The molecular formula is C16H13ClN2O6. The van der Waals surface area contributed by atoms with Crippen LogP contribution < -0.4 is 18.9 Å². The van der Waals surface area contributed by atoms with Crippen molar-refractivity contribution in [3.8, 4) is 23.0 Å². The number of nitro groups is 1. The summed E-state index contributed by atoms with van der Waals surface area (Å²) in [6, 6.07) is 7.63. The van der Waals surface area contributed by atoms with Crippen LogP contribution in [0.3, 0.4) is 0 Å². The summed E-state index contributed by atoms with van der Waals surface area (Å²) in [5.74, 6) is 1.67.